The number of sulfonamides is 1. The molecule has 0 aromatic heterocycles. The van der Waals surface area contributed by atoms with Crippen LogP contribution >= 0.6 is 11.6 Å². The Hall–Kier alpha value is -3.36. The zero-order valence-electron chi connectivity index (χ0n) is 22.6. The van der Waals surface area contributed by atoms with Gasteiger partial charge in [0.1, 0.15) is 12.6 Å². The summed E-state index contributed by atoms with van der Waals surface area (Å²) in [4.78, 5) is 28.8. The van der Waals surface area contributed by atoms with E-state index >= 15 is 0 Å². The molecule has 9 heteroatoms. The van der Waals surface area contributed by atoms with Crippen molar-refractivity contribution in [1.29, 1.82) is 0 Å². The Morgan fingerprint density at radius 3 is 2.15 bits per heavy atom. The van der Waals surface area contributed by atoms with Crippen LogP contribution in [0.2, 0.25) is 5.02 Å². The molecule has 0 aliphatic rings. The summed E-state index contributed by atoms with van der Waals surface area (Å²) < 4.78 is 29.0. The molecule has 3 aromatic rings. The fourth-order valence-electron chi connectivity index (χ4n) is 4.36. The summed E-state index contributed by atoms with van der Waals surface area (Å²) in [5, 5.41) is 3.44. The molecule has 3 aromatic carbocycles. The molecule has 0 saturated carbocycles. The number of amides is 2. The van der Waals surface area contributed by atoms with Gasteiger partial charge in [0.05, 0.1) is 10.6 Å². The fourth-order valence-corrected chi connectivity index (χ4v) is 5.96. The lowest BCUT2D eigenvalue weighted by atomic mass is 10.1. The maximum atomic E-state index is 14.1. The highest BCUT2D eigenvalue weighted by atomic mass is 35.5. The first-order chi connectivity index (χ1) is 18.7. The Morgan fingerprint density at radius 2 is 1.54 bits per heavy atom. The number of benzene rings is 3. The van der Waals surface area contributed by atoms with Gasteiger partial charge < -0.3 is 10.2 Å². The SMILES string of the molecule is CCCNC(=O)[C@@H](CC)N(Cc1ccc(Cl)cc1)C(=O)CN(c1ccccc1CC)S(=O)(=O)c1ccccc1. The molecule has 7 nitrogen and oxygen atoms in total. The van der Waals surface area contributed by atoms with Crippen LogP contribution in [0.5, 0.6) is 0 Å². The Morgan fingerprint density at radius 1 is 0.897 bits per heavy atom. The maximum Gasteiger partial charge on any atom is 0.264 e. The van der Waals surface area contributed by atoms with Gasteiger partial charge in [0.25, 0.3) is 10.0 Å². The van der Waals surface area contributed by atoms with Crippen LogP contribution in [0.15, 0.2) is 83.8 Å². The number of para-hydroxylation sites is 1. The van der Waals surface area contributed by atoms with E-state index in [0.29, 0.717) is 30.1 Å². The smallest absolute Gasteiger partial charge is 0.264 e. The Kier molecular flexibility index (Phi) is 10.9. The number of aryl methyl sites for hydroxylation is 1. The van der Waals surface area contributed by atoms with Gasteiger partial charge in [-0.15, -0.1) is 0 Å². The lowest BCUT2D eigenvalue weighted by Crippen LogP contribution is -2.52. The van der Waals surface area contributed by atoms with Crippen LogP contribution in [0.3, 0.4) is 0 Å². The van der Waals surface area contributed by atoms with Crippen LogP contribution in [-0.2, 0) is 32.6 Å². The fraction of sp³-hybridized carbons (Fsp3) is 0.333. The van der Waals surface area contributed by atoms with Crippen LogP contribution in [-0.4, -0.2) is 44.3 Å². The lowest BCUT2D eigenvalue weighted by molar-refractivity contribution is -0.140. The largest absolute Gasteiger partial charge is 0.354 e. The van der Waals surface area contributed by atoms with Crippen molar-refractivity contribution >= 4 is 39.1 Å². The van der Waals surface area contributed by atoms with Crippen LogP contribution in [0.4, 0.5) is 5.69 Å². The molecular weight excluding hydrogens is 534 g/mol. The van der Waals surface area contributed by atoms with Crippen LogP contribution in [0.1, 0.15) is 44.7 Å². The van der Waals surface area contributed by atoms with E-state index in [1.807, 2.05) is 32.9 Å². The second kappa shape index (κ2) is 14.1. The molecule has 0 bridgehead atoms. The molecule has 39 heavy (non-hydrogen) atoms. The minimum absolute atomic E-state index is 0.0840. The van der Waals surface area contributed by atoms with E-state index in [1.54, 1.807) is 54.6 Å². The first-order valence-electron chi connectivity index (χ1n) is 13.2. The van der Waals surface area contributed by atoms with E-state index in [2.05, 4.69) is 5.32 Å². The average Bonchev–Trinajstić information content (AvgIpc) is 2.95. The predicted molar refractivity (Wildman–Crippen MR) is 156 cm³/mol. The Labute approximate surface area is 236 Å². The van der Waals surface area contributed by atoms with Gasteiger partial charge in [-0.1, -0.05) is 80.9 Å². The molecule has 0 heterocycles. The molecule has 0 unspecified atom stereocenters. The Balaban J connectivity index is 2.07. The second-order valence-corrected chi connectivity index (χ2v) is 11.5. The maximum absolute atomic E-state index is 14.1. The third-order valence-electron chi connectivity index (χ3n) is 6.45. The molecule has 3 rings (SSSR count). The van der Waals surface area contributed by atoms with E-state index in [1.165, 1.54) is 17.0 Å². The number of carbonyl (C=O) groups excluding carboxylic acids is 2. The van der Waals surface area contributed by atoms with Gasteiger partial charge in [-0.2, -0.15) is 0 Å². The van der Waals surface area contributed by atoms with Gasteiger partial charge in [-0.05, 0) is 60.7 Å². The molecule has 1 atom stereocenters. The minimum atomic E-state index is -4.09. The molecule has 0 spiro atoms. The third kappa shape index (κ3) is 7.61. The number of hydrogen-bond donors (Lipinski definition) is 1. The number of rotatable bonds is 13. The van der Waals surface area contributed by atoms with Gasteiger partial charge in [-0.3, -0.25) is 13.9 Å². The number of nitrogens with zero attached hydrogens (tertiary/aromatic N) is 2. The van der Waals surface area contributed by atoms with Crippen molar-refractivity contribution in [2.24, 2.45) is 0 Å². The zero-order valence-corrected chi connectivity index (χ0v) is 24.2. The minimum Gasteiger partial charge on any atom is -0.354 e. The lowest BCUT2D eigenvalue weighted by Gasteiger charge is -2.33. The van der Waals surface area contributed by atoms with E-state index < -0.39 is 28.5 Å². The standard InChI is InChI=1S/C30H36ClN3O4S/c1-4-20-32-30(36)27(6-3)33(21-23-16-18-25(31)19-17-23)29(35)22-34(28-15-11-10-12-24(28)5-2)39(37,38)26-13-8-7-9-14-26/h7-19,27H,4-6,20-22H2,1-3H3,(H,32,36)/t27-/m1/s1. The van der Waals surface area contributed by atoms with Crippen molar-refractivity contribution in [3.63, 3.8) is 0 Å². The van der Waals surface area contributed by atoms with E-state index in [9.17, 15) is 18.0 Å². The monoisotopic (exact) mass is 569 g/mol. The van der Waals surface area contributed by atoms with Crippen molar-refractivity contribution in [1.82, 2.24) is 10.2 Å². The summed E-state index contributed by atoms with van der Waals surface area (Å²) in [6.45, 7) is 5.88. The highest BCUT2D eigenvalue weighted by Gasteiger charge is 2.34. The molecule has 208 valence electrons. The predicted octanol–water partition coefficient (Wildman–Crippen LogP) is 5.43. The normalized spacial score (nSPS) is 12.0. The summed E-state index contributed by atoms with van der Waals surface area (Å²) in [7, 11) is -4.09. The highest BCUT2D eigenvalue weighted by molar-refractivity contribution is 7.92. The molecule has 0 saturated heterocycles. The van der Waals surface area contributed by atoms with Crippen LogP contribution < -0.4 is 9.62 Å². The molecule has 2 amide bonds. The summed E-state index contributed by atoms with van der Waals surface area (Å²) in [6.07, 6.45) is 1.70. The van der Waals surface area contributed by atoms with Crippen LogP contribution in [0, 0.1) is 0 Å². The van der Waals surface area contributed by atoms with Crippen LogP contribution in [0.25, 0.3) is 0 Å². The second-order valence-electron chi connectivity index (χ2n) is 9.17. The number of carbonyl (C=O) groups is 2. The molecule has 0 fully saturated rings. The van der Waals surface area contributed by atoms with E-state index in [-0.39, 0.29) is 17.3 Å². The zero-order chi connectivity index (χ0) is 28.4. The topological polar surface area (TPSA) is 86.8 Å². The number of nitrogens with one attached hydrogen (secondary N) is 1. The quantitative estimate of drug-likeness (QED) is 0.297. The highest BCUT2D eigenvalue weighted by Crippen LogP contribution is 2.28. The Bertz CT molecular complexity index is 1350. The van der Waals surface area contributed by atoms with Crippen molar-refractivity contribution in [3.05, 3.63) is 95.0 Å². The first-order valence-corrected chi connectivity index (χ1v) is 15.0. The summed E-state index contributed by atoms with van der Waals surface area (Å²) >= 11 is 6.06. The number of hydrogen-bond acceptors (Lipinski definition) is 4. The summed E-state index contributed by atoms with van der Waals surface area (Å²) in [5.74, 6) is -0.748. The average molecular weight is 570 g/mol. The van der Waals surface area contributed by atoms with Gasteiger partial charge in [0.15, 0.2) is 0 Å². The van der Waals surface area contributed by atoms with Crippen molar-refractivity contribution < 1.29 is 18.0 Å². The van der Waals surface area contributed by atoms with Gasteiger partial charge in [-0.25, -0.2) is 8.42 Å². The van der Waals surface area contributed by atoms with Gasteiger partial charge in [0, 0.05) is 18.1 Å². The van der Waals surface area contributed by atoms with Crippen molar-refractivity contribution in [2.75, 3.05) is 17.4 Å². The van der Waals surface area contributed by atoms with Gasteiger partial charge >= 0.3 is 0 Å². The summed E-state index contributed by atoms with van der Waals surface area (Å²) in [5.41, 5.74) is 2.01. The first kappa shape index (κ1) is 30.2. The molecule has 0 aliphatic carbocycles. The number of halogens is 1. The summed E-state index contributed by atoms with van der Waals surface area (Å²) in [6, 6.07) is 21.5. The van der Waals surface area contributed by atoms with Crippen molar-refractivity contribution in [3.8, 4) is 0 Å². The van der Waals surface area contributed by atoms with E-state index in [4.69, 9.17) is 11.6 Å². The molecule has 0 radical (unpaired) electrons. The molecular formula is C30H36ClN3O4S. The third-order valence-corrected chi connectivity index (χ3v) is 8.48. The molecule has 0 aliphatic heterocycles. The number of anilines is 1. The van der Waals surface area contributed by atoms with Gasteiger partial charge in [0.2, 0.25) is 11.8 Å². The van der Waals surface area contributed by atoms with E-state index in [0.717, 1.165) is 21.9 Å². The van der Waals surface area contributed by atoms with Crippen molar-refractivity contribution in [2.45, 2.75) is 57.5 Å². The molecule has 1 N–H and O–H groups in total.